The Morgan fingerprint density at radius 3 is 2.52 bits per heavy atom. The Morgan fingerprint density at radius 2 is 1.96 bits per heavy atom. The van der Waals surface area contributed by atoms with Gasteiger partial charge in [-0.2, -0.15) is 0 Å². The van der Waals surface area contributed by atoms with E-state index in [9.17, 15) is 14.7 Å². The Morgan fingerprint density at radius 1 is 1.30 bits per heavy atom. The van der Waals surface area contributed by atoms with Crippen molar-refractivity contribution in [3.63, 3.8) is 0 Å². The topological polar surface area (TPSA) is 88.5 Å². The quantitative estimate of drug-likeness (QED) is 0.846. The highest BCUT2D eigenvalue weighted by molar-refractivity contribution is 7.19. The van der Waals surface area contributed by atoms with E-state index in [1.54, 1.807) is 45.0 Å². The van der Waals surface area contributed by atoms with Crippen LogP contribution in [0.25, 0.3) is 10.4 Å². The van der Waals surface area contributed by atoms with Crippen molar-refractivity contribution in [2.45, 2.75) is 26.4 Å². The molecule has 1 aromatic carbocycles. The Hall–Kier alpha value is -2.12. The molecule has 0 bridgehead atoms. The van der Waals surface area contributed by atoms with Crippen molar-refractivity contribution in [1.82, 2.24) is 4.98 Å². The number of aromatic carboxylic acids is 1. The van der Waals surface area contributed by atoms with Crippen molar-refractivity contribution in [3.8, 4) is 10.4 Å². The predicted octanol–water partition coefficient (Wildman–Crippen LogP) is 4.51. The number of carboxylic acids is 1. The van der Waals surface area contributed by atoms with E-state index in [4.69, 9.17) is 16.3 Å². The van der Waals surface area contributed by atoms with Gasteiger partial charge in [0, 0.05) is 10.6 Å². The molecule has 0 saturated carbocycles. The monoisotopic (exact) mass is 354 g/mol. The summed E-state index contributed by atoms with van der Waals surface area (Å²) in [5.41, 5.74) is -0.293. The summed E-state index contributed by atoms with van der Waals surface area (Å²) < 4.78 is 5.12. The molecule has 1 aromatic heterocycles. The van der Waals surface area contributed by atoms with Gasteiger partial charge in [0.05, 0.1) is 4.88 Å². The van der Waals surface area contributed by atoms with Gasteiger partial charge in [0.2, 0.25) is 0 Å². The minimum absolute atomic E-state index is 0.131. The van der Waals surface area contributed by atoms with E-state index in [0.717, 1.165) is 11.3 Å². The third kappa shape index (κ3) is 4.43. The molecule has 0 spiro atoms. The van der Waals surface area contributed by atoms with Crippen molar-refractivity contribution in [3.05, 3.63) is 35.0 Å². The number of nitrogens with zero attached hydrogens (tertiary/aromatic N) is 1. The van der Waals surface area contributed by atoms with Gasteiger partial charge in [-0.05, 0) is 26.8 Å². The minimum Gasteiger partial charge on any atom is -0.476 e. The third-order valence-electron chi connectivity index (χ3n) is 2.56. The summed E-state index contributed by atoms with van der Waals surface area (Å²) in [4.78, 5) is 27.5. The highest BCUT2D eigenvalue weighted by Gasteiger charge is 2.23. The molecule has 0 aliphatic heterocycles. The Kier molecular flexibility index (Phi) is 4.91. The summed E-state index contributed by atoms with van der Waals surface area (Å²) in [5.74, 6) is -1.20. The lowest BCUT2D eigenvalue weighted by molar-refractivity contribution is 0.0632. The van der Waals surface area contributed by atoms with Crippen LogP contribution in [0.1, 0.15) is 31.3 Å². The summed E-state index contributed by atoms with van der Waals surface area (Å²) in [7, 11) is 0. The van der Waals surface area contributed by atoms with Gasteiger partial charge in [-0.3, -0.25) is 5.32 Å². The normalized spacial score (nSPS) is 11.1. The molecule has 0 aliphatic carbocycles. The third-order valence-corrected chi connectivity index (χ3v) is 3.89. The lowest BCUT2D eigenvalue weighted by Gasteiger charge is -2.18. The second kappa shape index (κ2) is 6.55. The number of nitrogens with one attached hydrogen (secondary N) is 1. The van der Waals surface area contributed by atoms with Crippen LogP contribution in [0.3, 0.4) is 0 Å². The number of rotatable bonds is 3. The van der Waals surface area contributed by atoms with Crippen LogP contribution >= 0.6 is 22.9 Å². The number of carbonyl (C=O) groups excluding carboxylic acids is 1. The minimum atomic E-state index is -1.20. The lowest BCUT2D eigenvalue weighted by atomic mass is 10.1. The van der Waals surface area contributed by atoms with Crippen molar-refractivity contribution in [2.24, 2.45) is 0 Å². The van der Waals surface area contributed by atoms with Gasteiger partial charge in [0.25, 0.3) is 0 Å². The van der Waals surface area contributed by atoms with E-state index in [-0.39, 0.29) is 10.8 Å². The number of carboxylic acid groups (broad SMARTS) is 1. The molecule has 2 N–H and O–H groups in total. The molecule has 122 valence electrons. The smallest absolute Gasteiger partial charge is 0.413 e. The predicted molar refractivity (Wildman–Crippen MR) is 89.4 cm³/mol. The van der Waals surface area contributed by atoms with Crippen LogP contribution in [0, 0.1) is 0 Å². The van der Waals surface area contributed by atoms with Crippen molar-refractivity contribution >= 4 is 40.1 Å². The molecule has 0 atom stereocenters. The average Bonchev–Trinajstić information content (AvgIpc) is 2.80. The van der Waals surface area contributed by atoms with Gasteiger partial charge >= 0.3 is 12.1 Å². The summed E-state index contributed by atoms with van der Waals surface area (Å²) in [5, 5.41) is 12.3. The molecule has 1 amide bonds. The van der Waals surface area contributed by atoms with Gasteiger partial charge in [0.15, 0.2) is 10.8 Å². The van der Waals surface area contributed by atoms with Crippen LogP contribution in [0.2, 0.25) is 5.02 Å². The molecule has 0 aliphatic rings. The van der Waals surface area contributed by atoms with Crippen LogP contribution in [0.5, 0.6) is 0 Å². The fourth-order valence-corrected chi connectivity index (χ4v) is 3.01. The Bertz CT molecular complexity index is 752. The highest BCUT2D eigenvalue weighted by atomic mass is 35.5. The standard InChI is InChI=1S/C15H15ClN2O4S/c1-15(2,3)22-14(21)18-13-17-10(12(19)20)11(23-13)8-6-4-5-7-9(8)16/h4-7H,1-3H3,(H,19,20)(H,17,18,21). The fourth-order valence-electron chi connectivity index (χ4n) is 1.74. The van der Waals surface area contributed by atoms with Gasteiger partial charge in [0.1, 0.15) is 5.60 Å². The number of benzene rings is 1. The maximum absolute atomic E-state index is 11.8. The van der Waals surface area contributed by atoms with Gasteiger partial charge in [-0.15, -0.1) is 0 Å². The first kappa shape index (κ1) is 17.2. The molecule has 0 radical (unpaired) electrons. The molecule has 6 nitrogen and oxygen atoms in total. The molecule has 8 heteroatoms. The molecule has 2 aromatic rings. The zero-order valence-corrected chi connectivity index (χ0v) is 14.3. The number of carbonyl (C=O) groups is 2. The van der Waals surface area contributed by atoms with Crippen LogP contribution in [0.15, 0.2) is 24.3 Å². The highest BCUT2D eigenvalue weighted by Crippen LogP contribution is 2.37. The van der Waals surface area contributed by atoms with E-state index >= 15 is 0 Å². The summed E-state index contributed by atoms with van der Waals surface area (Å²) in [6, 6.07) is 6.84. The zero-order chi connectivity index (χ0) is 17.2. The second-order valence-electron chi connectivity index (χ2n) is 5.61. The number of aromatic nitrogens is 1. The number of halogens is 1. The average molecular weight is 355 g/mol. The first-order valence-electron chi connectivity index (χ1n) is 6.66. The van der Waals surface area contributed by atoms with E-state index in [0.29, 0.717) is 15.5 Å². The van der Waals surface area contributed by atoms with Gasteiger partial charge in [-0.1, -0.05) is 41.1 Å². The first-order valence-corrected chi connectivity index (χ1v) is 7.86. The second-order valence-corrected chi connectivity index (χ2v) is 7.01. The summed E-state index contributed by atoms with van der Waals surface area (Å²) in [6.45, 7) is 5.19. The number of amides is 1. The lowest BCUT2D eigenvalue weighted by Crippen LogP contribution is -2.27. The van der Waals surface area contributed by atoms with Gasteiger partial charge < -0.3 is 9.84 Å². The summed E-state index contributed by atoms with van der Waals surface area (Å²) >= 11 is 7.13. The van der Waals surface area contributed by atoms with E-state index in [2.05, 4.69) is 10.3 Å². The van der Waals surface area contributed by atoms with Crippen molar-refractivity contribution in [1.29, 1.82) is 0 Å². The van der Waals surface area contributed by atoms with Crippen LogP contribution in [-0.4, -0.2) is 27.8 Å². The number of anilines is 1. The molecular formula is C15H15ClN2O4S. The maximum atomic E-state index is 11.8. The van der Waals surface area contributed by atoms with E-state index < -0.39 is 17.7 Å². The molecule has 0 fully saturated rings. The van der Waals surface area contributed by atoms with E-state index in [1.807, 2.05) is 0 Å². The molecular weight excluding hydrogens is 340 g/mol. The number of thiazole rings is 1. The SMILES string of the molecule is CC(C)(C)OC(=O)Nc1nc(C(=O)O)c(-c2ccccc2Cl)s1. The van der Waals surface area contributed by atoms with Gasteiger partial charge in [-0.25, -0.2) is 14.6 Å². The number of ether oxygens (including phenoxy) is 1. The van der Waals surface area contributed by atoms with Crippen molar-refractivity contribution < 1.29 is 19.4 Å². The maximum Gasteiger partial charge on any atom is 0.413 e. The molecule has 0 unspecified atom stereocenters. The Labute approximate surface area is 142 Å². The molecule has 0 saturated heterocycles. The Balaban J connectivity index is 2.35. The summed E-state index contributed by atoms with van der Waals surface area (Å²) in [6.07, 6.45) is -0.700. The molecule has 23 heavy (non-hydrogen) atoms. The van der Waals surface area contributed by atoms with E-state index in [1.165, 1.54) is 0 Å². The fraction of sp³-hybridized carbons (Fsp3) is 0.267. The number of hydrogen-bond acceptors (Lipinski definition) is 5. The molecule has 2 rings (SSSR count). The largest absolute Gasteiger partial charge is 0.476 e. The van der Waals surface area contributed by atoms with Crippen LogP contribution in [-0.2, 0) is 4.74 Å². The number of hydrogen-bond donors (Lipinski definition) is 2. The van der Waals surface area contributed by atoms with Crippen LogP contribution < -0.4 is 5.32 Å². The zero-order valence-electron chi connectivity index (χ0n) is 12.7. The first-order chi connectivity index (χ1) is 10.7. The van der Waals surface area contributed by atoms with Crippen molar-refractivity contribution in [2.75, 3.05) is 5.32 Å². The molecule has 1 heterocycles. The van der Waals surface area contributed by atoms with Crippen LogP contribution in [0.4, 0.5) is 9.93 Å².